The molecule has 0 spiro atoms. The van der Waals surface area contributed by atoms with Crippen LogP contribution in [0.25, 0.3) is 10.8 Å². The summed E-state index contributed by atoms with van der Waals surface area (Å²) in [6.45, 7) is 7.54. The van der Waals surface area contributed by atoms with E-state index in [0.717, 1.165) is 49.4 Å². The highest BCUT2D eigenvalue weighted by Crippen LogP contribution is 2.32. The minimum absolute atomic E-state index is 0.241. The van der Waals surface area contributed by atoms with Gasteiger partial charge in [0.05, 0.1) is 26.4 Å². The maximum atomic E-state index is 13.2. The van der Waals surface area contributed by atoms with Crippen LogP contribution < -0.4 is 15.0 Å². The number of benzene rings is 2. The lowest BCUT2D eigenvalue weighted by atomic mass is 10.1. The van der Waals surface area contributed by atoms with Crippen LogP contribution in [-0.2, 0) is 9.47 Å². The summed E-state index contributed by atoms with van der Waals surface area (Å²) in [4.78, 5) is 22.0. The summed E-state index contributed by atoms with van der Waals surface area (Å²) >= 11 is 6.26. The SMILES string of the molecule is O=C(Nc1ccc(OCCN2CCOCC2)c2ccccc12)c1cc(Cl)nc(N2CCOCC2)c1. The molecule has 3 heterocycles. The van der Waals surface area contributed by atoms with E-state index in [-0.39, 0.29) is 11.1 Å². The number of aromatic nitrogens is 1. The van der Waals surface area contributed by atoms with Crippen molar-refractivity contribution in [3.63, 3.8) is 0 Å². The highest BCUT2D eigenvalue weighted by Gasteiger charge is 2.18. The van der Waals surface area contributed by atoms with Gasteiger partial charge in [-0.3, -0.25) is 9.69 Å². The Kier molecular flexibility index (Phi) is 7.63. The number of pyridine rings is 1. The van der Waals surface area contributed by atoms with Gasteiger partial charge in [0.2, 0.25) is 0 Å². The number of carbonyl (C=O) groups excluding carboxylic acids is 1. The monoisotopic (exact) mass is 496 g/mol. The van der Waals surface area contributed by atoms with E-state index in [9.17, 15) is 4.79 Å². The van der Waals surface area contributed by atoms with Crippen molar-refractivity contribution in [2.24, 2.45) is 0 Å². The molecule has 0 saturated carbocycles. The number of nitrogens with one attached hydrogen (secondary N) is 1. The van der Waals surface area contributed by atoms with Gasteiger partial charge in [-0.1, -0.05) is 35.9 Å². The number of rotatable bonds is 7. The van der Waals surface area contributed by atoms with Gasteiger partial charge in [0, 0.05) is 54.7 Å². The first-order valence-electron chi connectivity index (χ1n) is 11.9. The molecular weight excluding hydrogens is 468 g/mol. The molecule has 0 atom stereocenters. The summed E-state index contributed by atoms with van der Waals surface area (Å²) in [5.41, 5.74) is 1.17. The van der Waals surface area contributed by atoms with Gasteiger partial charge >= 0.3 is 0 Å². The van der Waals surface area contributed by atoms with Gasteiger partial charge in [0.15, 0.2) is 0 Å². The van der Waals surface area contributed by atoms with Gasteiger partial charge in [-0.25, -0.2) is 4.98 Å². The van der Waals surface area contributed by atoms with Crippen LogP contribution in [0.3, 0.4) is 0 Å². The number of nitrogens with zero attached hydrogens (tertiary/aromatic N) is 3. The summed E-state index contributed by atoms with van der Waals surface area (Å²) in [5.74, 6) is 1.24. The minimum atomic E-state index is -0.241. The molecule has 0 aliphatic carbocycles. The van der Waals surface area contributed by atoms with Crippen molar-refractivity contribution < 1.29 is 19.0 Å². The summed E-state index contributed by atoms with van der Waals surface area (Å²) in [6.07, 6.45) is 0. The lowest BCUT2D eigenvalue weighted by Gasteiger charge is -2.28. The molecule has 184 valence electrons. The van der Waals surface area contributed by atoms with Gasteiger partial charge in [-0.2, -0.15) is 0 Å². The van der Waals surface area contributed by atoms with E-state index in [1.165, 1.54) is 0 Å². The van der Waals surface area contributed by atoms with Crippen LogP contribution in [-0.4, -0.2) is 81.5 Å². The largest absolute Gasteiger partial charge is 0.492 e. The molecule has 2 fully saturated rings. The number of halogens is 1. The quantitative estimate of drug-likeness (QED) is 0.500. The number of fused-ring (bicyclic) bond motifs is 1. The van der Waals surface area contributed by atoms with Crippen molar-refractivity contribution in [1.82, 2.24) is 9.88 Å². The van der Waals surface area contributed by atoms with E-state index in [1.54, 1.807) is 12.1 Å². The normalized spacial score (nSPS) is 16.9. The predicted molar refractivity (Wildman–Crippen MR) is 137 cm³/mol. The molecule has 2 aliphatic rings. The summed E-state index contributed by atoms with van der Waals surface area (Å²) in [5, 5.41) is 5.20. The van der Waals surface area contributed by atoms with Crippen LogP contribution >= 0.6 is 11.6 Å². The number of carbonyl (C=O) groups is 1. The minimum Gasteiger partial charge on any atom is -0.492 e. The molecule has 9 heteroatoms. The molecule has 2 aromatic carbocycles. The molecular formula is C26H29ClN4O4. The molecule has 0 unspecified atom stereocenters. The zero-order valence-electron chi connectivity index (χ0n) is 19.5. The maximum absolute atomic E-state index is 13.2. The molecule has 2 aliphatic heterocycles. The van der Waals surface area contributed by atoms with Gasteiger partial charge in [0.1, 0.15) is 23.3 Å². The van der Waals surface area contributed by atoms with Gasteiger partial charge in [-0.15, -0.1) is 0 Å². The van der Waals surface area contributed by atoms with Crippen LogP contribution in [0.4, 0.5) is 11.5 Å². The fourth-order valence-corrected chi connectivity index (χ4v) is 4.58. The van der Waals surface area contributed by atoms with E-state index in [4.69, 9.17) is 25.8 Å². The number of hydrogen-bond donors (Lipinski definition) is 1. The Morgan fingerprint density at radius 1 is 0.971 bits per heavy atom. The number of amides is 1. The number of ether oxygens (including phenoxy) is 3. The third-order valence-electron chi connectivity index (χ3n) is 6.28. The third kappa shape index (κ3) is 5.85. The Labute approximate surface area is 209 Å². The molecule has 1 aromatic heterocycles. The van der Waals surface area contributed by atoms with Gasteiger partial charge in [0.25, 0.3) is 5.91 Å². The van der Waals surface area contributed by atoms with Crippen LogP contribution in [0, 0.1) is 0 Å². The first-order valence-corrected chi connectivity index (χ1v) is 12.3. The fourth-order valence-electron chi connectivity index (χ4n) is 4.38. The average Bonchev–Trinajstić information content (AvgIpc) is 2.90. The smallest absolute Gasteiger partial charge is 0.255 e. The van der Waals surface area contributed by atoms with Crippen molar-refractivity contribution in [3.05, 3.63) is 59.2 Å². The highest BCUT2D eigenvalue weighted by molar-refractivity contribution is 6.30. The molecule has 5 rings (SSSR count). The fraction of sp³-hybridized carbons (Fsp3) is 0.385. The molecule has 35 heavy (non-hydrogen) atoms. The molecule has 1 amide bonds. The Morgan fingerprint density at radius 3 is 2.46 bits per heavy atom. The van der Waals surface area contributed by atoms with Crippen molar-refractivity contribution >= 4 is 39.8 Å². The van der Waals surface area contributed by atoms with E-state index < -0.39 is 0 Å². The van der Waals surface area contributed by atoms with Crippen LogP contribution in [0.1, 0.15) is 10.4 Å². The highest BCUT2D eigenvalue weighted by atomic mass is 35.5. The maximum Gasteiger partial charge on any atom is 0.255 e. The lowest BCUT2D eigenvalue weighted by molar-refractivity contribution is 0.0323. The Morgan fingerprint density at radius 2 is 1.69 bits per heavy atom. The third-order valence-corrected chi connectivity index (χ3v) is 6.47. The Balaban J connectivity index is 1.31. The number of morpholine rings is 2. The van der Waals surface area contributed by atoms with Crippen LogP contribution in [0.15, 0.2) is 48.5 Å². The second-order valence-corrected chi connectivity index (χ2v) is 8.94. The van der Waals surface area contributed by atoms with Gasteiger partial charge in [-0.05, 0) is 24.3 Å². The van der Waals surface area contributed by atoms with Gasteiger partial charge < -0.3 is 24.4 Å². The second kappa shape index (κ2) is 11.2. The summed E-state index contributed by atoms with van der Waals surface area (Å²) in [7, 11) is 0. The van der Waals surface area contributed by atoms with Crippen molar-refractivity contribution in [3.8, 4) is 5.75 Å². The topological polar surface area (TPSA) is 76.2 Å². The van der Waals surface area contributed by atoms with Crippen LogP contribution in [0.2, 0.25) is 5.15 Å². The number of anilines is 2. The molecule has 0 radical (unpaired) electrons. The first-order chi connectivity index (χ1) is 17.2. The zero-order valence-corrected chi connectivity index (χ0v) is 20.3. The Bertz CT molecular complexity index is 1180. The average molecular weight is 497 g/mol. The van der Waals surface area contributed by atoms with E-state index in [0.29, 0.717) is 50.0 Å². The second-order valence-electron chi connectivity index (χ2n) is 8.55. The molecule has 0 bridgehead atoms. The van der Waals surface area contributed by atoms with E-state index in [1.807, 2.05) is 36.4 Å². The lowest BCUT2D eigenvalue weighted by Crippen LogP contribution is -2.38. The van der Waals surface area contributed by atoms with E-state index >= 15 is 0 Å². The standard InChI is InChI=1S/C26H29ClN4O4/c27-24-17-19(18-25(29-24)31-10-14-34-15-11-31)26(32)28-22-5-6-23(21-4-2-1-3-20(21)22)35-16-9-30-7-12-33-13-8-30/h1-6,17-18H,7-16H2,(H,28,32). The molecule has 8 nitrogen and oxygen atoms in total. The van der Waals surface area contributed by atoms with Crippen LogP contribution in [0.5, 0.6) is 5.75 Å². The summed E-state index contributed by atoms with van der Waals surface area (Å²) in [6, 6.07) is 15.1. The van der Waals surface area contributed by atoms with Crippen molar-refractivity contribution in [2.45, 2.75) is 0 Å². The molecule has 3 aromatic rings. The number of hydrogen-bond acceptors (Lipinski definition) is 7. The molecule has 1 N–H and O–H groups in total. The molecule has 2 saturated heterocycles. The van der Waals surface area contributed by atoms with Crippen molar-refractivity contribution in [2.75, 3.05) is 76.0 Å². The van der Waals surface area contributed by atoms with E-state index in [2.05, 4.69) is 20.1 Å². The Hall–Kier alpha value is -2.91. The summed E-state index contributed by atoms with van der Waals surface area (Å²) < 4.78 is 17.0. The predicted octanol–water partition coefficient (Wildman–Crippen LogP) is 3.69. The first kappa shape index (κ1) is 23.8. The zero-order chi connectivity index (χ0) is 24.0. The van der Waals surface area contributed by atoms with Crippen molar-refractivity contribution in [1.29, 1.82) is 0 Å².